The molecule has 454 valence electrons. The summed E-state index contributed by atoms with van der Waals surface area (Å²) in [5, 5.41) is 6.30. The molecule has 0 radical (unpaired) electrons. The van der Waals surface area contributed by atoms with E-state index in [4.69, 9.17) is 0 Å². The van der Waals surface area contributed by atoms with Gasteiger partial charge in [-0.05, 0) is 39.4 Å². The minimum Gasteiger partial charge on any atom is -0.421 e. The number of hydrogen-bond donors (Lipinski definition) is 2. The summed E-state index contributed by atoms with van der Waals surface area (Å²) in [6, 6.07) is 48.1. The Balaban J connectivity index is 0.000000353. The Hall–Kier alpha value is -7.66. The van der Waals surface area contributed by atoms with Gasteiger partial charge in [-0.3, -0.25) is 9.59 Å². The van der Waals surface area contributed by atoms with Crippen molar-refractivity contribution in [2.75, 3.05) is 0 Å². The Bertz CT molecular complexity index is 3440. The highest BCUT2D eigenvalue weighted by Gasteiger charge is 2.48. The second kappa shape index (κ2) is 27.8. The number of nitrogens with one attached hydrogen (secondary N) is 2. The summed E-state index contributed by atoms with van der Waals surface area (Å²) in [6.45, 7) is 2.29. The average Bonchev–Trinajstić information content (AvgIpc) is 3.86. The Morgan fingerprint density at radius 3 is 0.940 bits per heavy atom. The number of aromatic nitrogens is 4. The van der Waals surface area contributed by atoms with E-state index in [9.17, 15) is 95.9 Å². The summed E-state index contributed by atoms with van der Waals surface area (Å²) in [4.78, 5) is 27.2. The van der Waals surface area contributed by atoms with Gasteiger partial charge < -0.3 is 18.9 Å². The highest BCUT2D eigenvalue weighted by Crippen LogP contribution is 2.37. The van der Waals surface area contributed by atoms with Crippen LogP contribution in [0.1, 0.15) is 45.5 Å². The molecule has 18 nitrogen and oxygen atoms in total. The SMILES string of the molecule is O=C(NCc1ccccc1)[C@@H](Cc1ccccc1)n1cc[n+](Cc2cccc(C[n+]3ccn([C@H](Cc4ccccc4)C(=O)NCc4ccccc4)c3)c2)c1.O=S(=O)([N-]S(=O)(=O)C(F)(F)F)C(F)(F)F.O=S(=O)([N-]S(=O)(=O)C(F)(F)F)C(F)(F)F. The lowest BCUT2D eigenvalue weighted by Gasteiger charge is -2.22. The molecular weight excluding hydrogens is 1230 g/mol. The number of imidazole rings is 2. The fourth-order valence-electron chi connectivity index (χ4n) is 7.20. The molecule has 2 N–H and O–H groups in total. The van der Waals surface area contributed by atoms with E-state index in [1.807, 2.05) is 144 Å². The number of halogens is 12. The summed E-state index contributed by atoms with van der Waals surface area (Å²) in [5.41, 5.74) is -18.1. The molecule has 0 aliphatic rings. The molecular formula is C50H46F12N8O10S4. The zero-order valence-corrected chi connectivity index (χ0v) is 45.9. The number of rotatable bonds is 20. The molecule has 0 saturated carbocycles. The summed E-state index contributed by atoms with van der Waals surface area (Å²) in [5.74, 6) is -0.0350. The maximum atomic E-state index is 13.6. The first kappa shape index (κ1) is 67.1. The molecule has 2 amide bonds. The van der Waals surface area contributed by atoms with Gasteiger partial charge in [-0.2, -0.15) is 52.7 Å². The molecule has 5 aromatic carbocycles. The molecule has 0 aliphatic heterocycles. The first-order chi connectivity index (χ1) is 39.0. The van der Waals surface area contributed by atoms with Gasteiger partial charge >= 0.3 is 22.0 Å². The zero-order valence-electron chi connectivity index (χ0n) is 42.7. The number of benzene rings is 5. The van der Waals surface area contributed by atoms with Gasteiger partial charge in [0.2, 0.25) is 12.7 Å². The Morgan fingerprint density at radius 2 is 0.667 bits per heavy atom. The van der Waals surface area contributed by atoms with Gasteiger partial charge in [-0.1, -0.05) is 140 Å². The van der Waals surface area contributed by atoms with Crippen molar-refractivity contribution in [1.29, 1.82) is 0 Å². The Kier molecular flexibility index (Phi) is 22.2. The van der Waals surface area contributed by atoms with Crippen LogP contribution in [0.15, 0.2) is 183 Å². The summed E-state index contributed by atoms with van der Waals surface area (Å²) < 4.78 is 227. The largest absolute Gasteiger partial charge is 0.480 e. The highest BCUT2D eigenvalue weighted by molar-refractivity contribution is 8.13. The van der Waals surface area contributed by atoms with Gasteiger partial charge in [0.25, 0.3) is 11.8 Å². The quantitative estimate of drug-likeness (QED) is 0.0547. The van der Waals surface area contributed by atoms with Gasteiger partial charge in [-0.25, -0.2) is 51.9 Å². The van der Waals surface area contributed by atoms with Crippen LogP contribution in [0.4, 0.5) is 52.7 Å². The van der Waals surface area contributed by atoms with Crippen molar-refractivity contribution in [1.82, 2.24) is 19.8 Å². The van der Waals surface area contributed by atoms with Crippen LogP contribution in [0.25, 0.3) is 8.25 Å². The van der Waals surface area contributed by atoms with Crippen LogP contribution in [0, 0.1) is 0 Å². The molecule has 0 unspecified atom stereocenters. The van der Waals surface area contributed by atoms with Crippen LogP contribution in [0.2, 0.25) is 0 Å². The number of alkyl halides is 12. The van der Waals surface area contributed by atoms with Crippen molar-refractivity contribution in [3.63, 3.8) is 0 Å². The predicted octanol–water partition coefficient (Wildman–Crippen LogP) is 8.28. The number of hydrogen-bond acceptors (Lipinski definition) is 10. The lowest BCUT2D eigenvalue weighted by atomic mass is 10.0. The molecule has 34 heteroatoms. The second-order valence-corrected chi connectivity index (χ2v) is 24.4. The smallest absolute Gasteiger partial charge is 0.421 e. The monoisotopic (exact) mass is 1270 g/mol. The van der Waals surface area contributed by atoms with Gasteiger partial charge in [-0.15, -0.1) is 0 Å². The van der Waals surface area contributed by atoms with E-state index in [0.717, 1.165) is 41.6 Å². The first-order valence-corrected chi connectivity index (χ1v) is 29.4. The summed E-state index contributed by atoms with van der Waals surface area (Å²) >= 11 is 0. The van der Waals surface area contributed by atoms with Crippen LogP contribution >= 0.6 is 0 Å². The number of carbonyl (C=O) groups is 2. The van der Waals surface area contributed by atoms with E-state index < -0.39 is 74.2 Å². The molecule has 7 aromatic rings. The van der Waals surface area contributed by atoms with Crippen LogP contribution in [-0.4, -0.2) is 76.7 Å². The number of sulfonamides is 4. The zero-order chi connectivity index (χ0) is 62.4. The molecule has 0 bridgehead atoms. The van der Waals surface area contributed by atoms with Gasteiger partial charge in [0, 0.05) is 25.9 Å². The van der Waals surface area contributed by atoms with Crippen LogP contribution < -0.4 is 19.8 Å². The summed E-state index contributed by atoms with van der Waals surface area (Å²) in [6.07, 6.45) is 13.2. The molecule has 2 heterocycles. The van der Waals surface area contributed by atoms with Gasteiger partial charge in [0.15, 0.2) is 52.2 Å². The van der Waals surface area contributed by atoms with E-state index in [-0.39, 0.29) is 11.8 Å². The Labute approximate surface area is 472 Å². The Morgan fingerprint density at radius 1 is 0.405 bits per heavy atom. The van der Waals surface area contributed by atoms with E-state index in [1.54, 1.807) is 0 Å². The number of nitrogens with zero attached hydrogens (tertiary/aromatic N) is 6. The second-order valence-electron chi connectivity index (χ2n) is 17.5. The number of amides is 2. The third-order valence-corrected chi connectivity index (χ3v) is 16.7. The van der Waals surface area contributed by atoms with Crippen molar-refractivity contribution in [3.8, 4) is 0 Å². The van der Waals surface area contributed by atoms with Crippen molar-refractivity contribution >= 4 is 51.9 Å². The molecule has 0 aliphatic carbocycles. The predicted molar refractivity (Wildman–Crippen MR) is 275 cm³/mol. The fraction of sp³-hybridized carbons (Fsp3) is 0.240. The fourth-order valence-corrected chi connectivity index (χ4v) is 10.6. The van der Waals surface area contributed by atoms with Crippen LogP contribution in [-0.2, 0) is 88.7 Å². The third-order valence-electron chi connectivity index (χ3n) is 11.2. The van der Waals surface area contributed by atoms with Crippen molar-refractivity contribution in [2.24, 2.45) is 0 Å². The van der Waals surface area contributed by atoms with Crippen LogP contribution in [0.5, 0.6) is 0 Å². The molecule has 2 atom stereocenters. The van der Waals surface area contributed by atoms with Crippen molar-refractivity contribution < 1.29 is 105 Å². The lowest BCUT2D eigenvalue weighted by Crippen LogP contribution is -2.36. The number of carbonyl (C=O) groups excluding carboxylic acids is 2. The van der Waals surface area contributed by atoms with Crippen molar-refractivity contribution in [3.05, 3.63) is 225 Å². The van der Waals surface area contributed by atoms with Gasteiger partial charge in [0.05, 0.1) is 0 Å². The maximum Gasteiger partial charge on any atom is 0.480 e. The van der Waals surface area contributed by atoms with E-state index in [1.165, 1.54) is 0 Å². The summed E-state index contributed by atoms with van der Waals surface area (Å²) in [7, 11) is -26.9. The molecule has 0 spiro atoms. The molecule has 84 heavy (non-hydrogen) atoms. The molecule has 7 rings (SSSR count). The van der Waals surface area contributed by atoms with E-state index >= 15 is 0 Å². The highest BCUT2D eigenvalue weighted by atomic mass is 32.3. The lowest BCUT2D eigenvalue weighted by molar-refractivity contribution is -0.688. The van der Waals surface area contributed by atoms with E-state index in [2.05, 4.69) is 68.3 Å². The topological polar surface area (TPSA) is 241 Å². The van der Waals surface area contributed by atoms with Crippen LogP contribution in [0.3, 0.4) is 0 Å². The van der Waals surface area contributed by atoms with Crippen molar-refractivity contribution in [2.45, 2.75) is 73.1 Å². The molecule has 0 saturated heterocycles. The molecule has 0 fully saturated rings. The minimum absolute atomic E-state index is 0.0175. The average molecular weight is 1280 g/mol. The standard InChI is InChI=1S/C46H44N6O2.2C2F6NO4S2/c53-45(47-31-39-18-9-3-10-19-39)43(29-37-14-5-1-6-15-37)51-26-24-49(35-51)33-41-22-13-23-42(28-41)34-50-25-27-52(36-50)44(30-38-16-7-2-8-17-38)46(54)48-32-40-20-11-4-12-21-40;2*3-1(4,5)14(10,11)9-15(12,13)2(6,7)8/h1-28,35-36,43-44H,29-34H2;;/q;2*-1/p+2/t43-,44-;;/m1../s1. The maximum absolute atomic E-state index is 13.6. The minimum atomic E-state index is -6.72. The normalized spacial score (nSPS) is 13.3. The third kappa shape index (κ3) is 19.7. The molecule has 2 aromatic heterocycles. The first-order valence-electron chi connectivity index (χ1n) is 23.6. The van der Waals surface area contributed by atoms with E-state index in [0.29, 0.717) is 39.0 Å². The van der Waals surface area contributed by atoms with Gasteiger partial charge in [0.1, 0.15) is 37.9 Å².